The van der Waals surface area contributed by atoms with Gasteiger partial charge in [0, 0.05) is 5.69 Å². The average molecular weight is 498 g/mol. The molecule has 5 rings (SSSR count). The number of benzene rings is 2. The SMILES string of the molecule is C[C@H](CO)N1C(=O)[C@@H]2[C@H](C(=O)Nc3ccccc3)[C@]3(C)CCC2(O3)C1C(=O)Nc1ccccc1Cl. The Labute approximate surface area is 208 Å². The van der Waals surface area contributed by atoms with Crippen LogP contribution in [0.25, 0.3) is 0 Å². The number of hydrogen-bond acceptors (Lipinski definition) is 5. The molecule has 2 bridgehead atoms. The second-order valence-electron chi connectivity index (χ2n) is 9.83. The van der Waals surface area contributed by atoms with Gasteiger partial charge in [-0.25, -0.2) is 0 Å². The molecular weight excluding hydrogens is 470 g/mol. The number of aliphatic hydroxyl groups excluding tert-OH is 1. The van der Waals surface area contributed by atoms with E-state index < -0.39 is 41.0 Å². The van der Waals surface area contributed by atoms with Crippen molar-refractivity contribution in [2.75, 3.05) is 17.2 Å². The molecule has 0 radical (unpaired) electrons. The lowest BCUT2D eigenvalue weighted by atomic mass is 9.66. The molecule has 9 heteroatoms. The second kappa shape index (κ2) is 8.62. The van der Waals surface area contributed by atoms with Crippen LogP contribution in [0.5, 0.6) is 0 Å². The molecule has 3 aliphatic heterocycles. The molecule has 6 atom stereocenters. The first kappa shape index (κ1) is 23.8. The van der Waals surface area contributed by atoms with E-state index in [1.165, 1.54) is 4.90 Å². The van der Waals surface area contributed by atoms with Gasteiger partial charge >= 0.3 is 0 Å². The van der Waals surface area contributed by atoms with Crippen LogP contribution in [0.15, 0.2) is 54.6 Å². The van der Waals surface area contributed by atoms with Crippen molar-refractivity contribution in [3.8, 4) is 0 Å². The highest BCUT2D eigenvalue weighted by Gasteiger charge is 2.78. The predicted octanol–water partition coefficient (Wildman–Crippen LogP) is 3.06. The summed E-state index contributed by atoms with van der Waals surface area (Å²) in [4.78, 5) is 42.5. The normalized spacial score (nSPS) is 31.8. The molecule has 35 heavy (non-hydrogen) atoms. The lowest BCUT2D eigenvalue weighted by molar-refractivity contribution is -0.146. The van der Waals surface area contributed by atoms with Crippen LogP contribution in [-0.4, -0.2) is 57.6 Å². The molecule has 0 saturated carbocycles. The number of para-hydroxylation sites is 2. The molecule has 3 saturated heterocycles. The molecule has 184 valence electrons. The van der Waals surface area contributed by atoms with Gasteiger partial charge in [-0.05, 0) is 51.0 Å². The van der Waals surface area contributed by atoms with Gasteiger partial charge in [-0.15, -0.1) is 0 Å². The quantitative estimate of drug-likeness (QED) is 0.568. The maximum absolute atomic E-state index is 13.9. The Morgan fingerprint density at radius 1 is 1.11 bits per heavy atom. The number of likely N-dealkylation sites (tertiary alicyclic amines) is 1. The Bertz CT molecular complexity index is 1180. The van der Waals surface area contributed by atoms with Crippen molar-refractivity contribution in [3.63, 3.8) is 0 Å². The van der Waals surface area contributed by atoms with Crippen molar-refractivity contribution in [2.45, 2.75) is 50.0 Å². The molecular formula is C26H28ClN3O5. The van der Waals surface area contributed by atoms with Crippen LogP contribution in [0.2, 0.25) is 5.02 Å². The molecule has 1 spiro atoms. The summed E-state index contributed by atoms with van der Waals surface area (Å²) >= 11 is 6.26. The van der Waals surface area contributed by atoms with Crippen molar-refractivity contribution in [1.29, 1.82) is 0 Å². The van der Waals surface area contributed by atoms with Crippen molar-refractivity contribution < 1.29 is 24.2 Å². The zero-order valence-electron chi connectivity index (χ0n) is 19.5. The Kier molecular flexibility index (Phi) is 5.86. The summed E-state index contributed by atoms with van der Waals surface area (Å²) in [5.41, 5.74) is -1.03. The number of ether oxygens (including phenoxy) is 1. The highest BCUT2D eigenvalue weighted by Crippen LogP contribution is 2.63. The van der Waals surface area contributed by atoms with E-state index in [9.17, 15) is 19.5 Å². The van der Waals surface area contributed by atoms with Gasteiger partial charge in [-0.2, -0.15) is 0 Å². The standard InChI is InChI=1S/C26H28ClN3O5/c1-15(14-31)30-21(23(33)29-18-11-7-6-10-17(18)27)26-13-12-25(2,35-26)19(20(26)24(30)34)22(32)28-16-8-4-3-5-9-16/h3-11,15,19-21,31H,12-14H2,1-2H3,(H,28,32)(H,29,33)/t15-,19-,20+,21?,25+,26?/m1/s1. The number of aliphatic hydroxyl groups is 1. The fourth-order valence-electron chi connectivity index (χ4n) is 6.13. The number of carbonyl (C=O) groups excluding carboxylic acids is 3. The van der Waals surface area contributed by atoms with E-state index in [4.69, 9.17) is 16.3 Å². The van der Waals surface area contributed by atoms with Crippen LogP contribution in [0.4, 0.5) is 11.4 Å². The van der Waals surface area contributed by atoms with E-state index >= 15 is 0 Å². The van der Waals surface area contributed by atoms with E-state index in [1.54, 1.807) is 43.3 Å². The van der Waals surface area contributed by atoms with E-state index in [0.717, 1.165) is 0 Å². The minimum atomic E-state index is -1.18. The van der Waals surface area contributed by atoms with Crippen molar-refractivity contribution in [3.05, 3.63) is 59.6 Å². The van der Waals surface area contributed by atoms with Crippen molar-refractivity contribution in [2.24, 2.45) is 11.8 Å². The Morgan fingerprint density at radius 3 is 2.49 bits per heavy atom. The lowest BCUT2D eigenvalue weighted by Crippen LogP contribution is -2.55. The van der Waals surface area contributed by atoms with Gasteiger partial charge < -0.3 is 25.4 Å². The van der Waals surface area contributed by atoms with Gasteiger partial charge in [0.05, 0.1) is 40.8 Å². The van der Waals surface area contributed by atoms with E-state index in [-0.39, 0.29) is 18.4 Å². The molecule has 3 aliphatic rings. The van der Waals surface area contributed by atoms with Crippen LogP contribution in [0.3, 0.4) is 0 Å². The van der Waals surface area contributed by atoms with Crippen molar-refractivity contribution >= 4 is 40.7 Å². The summed E-state index contributed by atoms with van der Waals surface area (Å²) in [5, 5.41) is 16.1. The number of nitrogens with zero attached hydrogens (tertiary/aromatic N) is 1. The zero-order chi connectivity index (χ0) is 25.0. The summed E-state index contributed by atoms with van der Waals surface area (Å²) < 4.78 is 6.54. The van der Waals surface area contributed by atoms with Gasteiger partial charge in [0.15, 0.2) is 0 Å². The van der Waals surface area contributed by atoms with Gasteiger partial charge in [0.1, 0.15) is 11.6 Å². The summed E-state index contributed by atoms with van der Waals surface area (Å²) in [6.07, 6.45) is 0.977. The second-order valence-corrected chi connectivity index (χ2v) is 10.2. The van der Waals surface area contributed by atoms with E-state index in [0.29, 0.717) is 29.2 Å². The molecule has 0 aromatic heterocycles. The van der Waals surface area contributed by atoms with Gasteiger partial charge in [-0.3, -0.25) is 14.4 Å². The highest BCUT2D eigenvalue weighted by atomic mass is 35.5. The average Bonchev–Trinajstić information content (AvgIpc) is 3.41. The molecule has 0 aliphatic carbocycles. The molecule has 3 heterocycles. The first-order valence-electron chi connectivity index (χ1n) is 11.8. The third-order valence-corrected chi connectivity index (χ3v) is 7.99. The number of nitrogens with one attached hydrogen (secondary N) is 2. The van der Waals surface area contributed by atoms with E-state index in [2.05, 4.69) is 10.6 Å². The Hall–Kier alpha value is -2.94. The number of hydrogen-bond donors (Lipinski definition) is 3. The van der Waals surface area contributed by atoms with Crippen molar-refractivity contribution in [1.82, 2.24) is 4.90 Å². The van der Waals surface area contributed by atoms with Crippen LogP contribution in [-0.2, 0) is 19.1 Å². The Morgan fingerprint density at radius 2 is 1.80 bits per heavy atom. The minimum absolute atomic E-state index is 0.317. The molecule has 2 aromatic rings. The first-order valence-corrected chi connectivity index (χ1v) is 12.1. The molecule has 2 aromatic carbocycles. The Balaban J connectivity index is 1.53. The van der Waals surface area contributed by atoms with Gasteiger partial charge in [0.25, 0.3) is 0 Å². The fraction of sp³-hybridized carbons (Fsp3) is 0.423. The monoisotopic (exact) mass is 497 g/mol. The number of anilines is 2. The molecule has 3 N–H and O–H groups in total. The molecule has 8 nitrogen and oxygen atoms in total. The number of amides is 3. The smallest absolute Gasteiger partial charge is 0.250 e. The third kappa shape index (κ3) is 3.63. The number of halogens is 1. The van der Waals surface area contributed by atoms with Crippen LogP contribution in [0, 0.1) is 11.8 Å². The molecule has 3 fully saturated rings. The third-order valence-electron chi connectivity index (χ3n) is 7.66. The van der Waals surface area contributed by atoms with Crippen LogP contribution >= 0.6 is 11.6 Å². The number of carbonyl (C=O) groups is 3. The maximum atomic E-state index is 13.9. The summed E-state index contributed by atoms with van der Waals surface area (Å²) in [6, 6.07) is 14.2. The minimum Gasteiger partial charge on any atom is -0.394 e. The topological polar surface area (TPSA) is 108 Å². The molecule has 3 amide bonds. The number of rotatable bonds is 6. The zero-order valence-corrected chi connectivity index (χ0v) is 20.3. The number of fused-ring (bicyclic) bond motifs is 1. The van der Waals surface area contributed by atoms with Crippen LogP contribution < -0.4 is 10.6 Å². The first-order chi connectivity index (χ1) is 16.7. The van der Waals surface area contributed by atoms with E-state index in [1.807, 2.05) is 25.1 Å². The largest absolute Gasteiger partial charge is 0.394 e. The lowest BCUT2D eigenvalue weighted by Gasteiger charge is -2.35. The van der Waals surface area contributed by atoms with Gasteiger partial charge in [0.2, 0.25) is 17.7 Å². The summed E-state index contributed by atoms with van der Waals surface area (Å²) in [6.45, 7) is 3.19. The predicted molar refractivity (Wildman–Crippen MR) is 131 cm³/mol. The van der Waals surface area contributed by atoms with Crippen LogP contribution in [0.1, 0.15) is 26.7 Å². The fourth-order valence-corrected chi connectivity index (χ4v) is 6.31. The maximum Gasteiger partial charge on any atom is 0.250 e. The molecule has 2 unspecified atom stereocenters. The highest BCUT2D eigenvalue weighted by molar-refractivity contribution is 6.33. The van der Waals surface area contributed by atoms with Gasteiger partial charge in [-0.1, -0.05) is 41.9 Å². The summed E-state index contributed by atoms with van der Waals surface area (Å²) in [7, 11) is 0. The summed E-state index contributed by atoms with van der Waals surface area (Å²) in [5.74, 6) is -2.76.